The van der Waals surface area contributed by atoms with E-state index in [4.69, 9.17) is 14.5 Å². The minimum absolute atomic E-state index is 0.250. The van der Waals surface area contributed by atoms with Crippen LogP contribution >= 0.6 is 0 Å². The summed E-state index contributed by atoms with van der Waals surface area (Å²) in [7, 11) is 0. The molecule has 1 aliphatic carbocycles. The second-order valence-electron chi connectivity index (χ2n) is 9.58. The number of fused-ring (bicyclic) bond motifs is 5. The normalized spacial score (nSPS) is 38.0. The van der Waals surface area contributed by atoms with Crippen molar-refractivity contribution in [2.24, 2.45) is 16.8 Å². The molecule has 0 spiro atoms. The third-order valence-electron chi connectivity index (χ3n) is 8.08. The lowest BCUT2D eigenvalue weighted by atomic mass is 9.80. The van der Waals surface area contributed by atoms with Gasteiger partial charge in [-0.05, 0) is 32.6 Å². The molecule has 0 radical (unpaired) electrons. The second-order valence-corrected chi connectivity index (χ2v) is 9.58. The topological polar surface area (TPSA) is 49.3 Å². The quantitative estimate of drug-likeness (QED) is 0.588. The molecule has 4 saturated heterocycles. The smallest absolute Gasteiger partial charge is 0.194 e. The molecule has 0 aromatic carbocycles. The number of morpholine rings is 1. The van der Waals surface area contributed by atoms with Crippen LogP contribution in [0, 0.1) is 11.8 Å². The molecule has 0 amide bonds. The summed E-state index contributed by atoms with van der Waals surface area (Å²) in [5, 5.41) is 3.62. The van der Waals surface area contributed by atoms with E-state index in [2.05, 4.69) is 22.0 Å². The first-order valence-electron chi connectivity index (χ1n) is 11.8. The summed E-state index contributed by atoms with van der Waals surface area (Å²) in [6.45, 7) is 10.2. The zero-order valence-electron chi connectivity index (χ0n) is 17.6. The van der Waals surface area contributed by atoms with Gasteiger partial charge < -0.3 is 19.7 Å². The Labute approximate surface area is 170 Å². The average Bonchev–Trinajstić information content (AvgIpc) is 3.46. The van der Waals surface area contributed by atoms with Gasteiger partial charge in [0.2, 0.25) is 0 Å². The van der Waals surface area contributed by atoms with Gasteiger partial charge in [0.05, 0.1) is 32.0 Å². The van der Waals surface area contributed by atoms with Gasteiger partial charge in [0.15, 0.2) is 5.96 Å². The first-order valence-corrected chi connectivity index (χ1v) is 11.8. The predicted octanol–water partition coefficient (Wildman–Crippen LogP) is 2.10. The number of guanidine groups is 1. The van der Waals surface area contributed by atoms with E-state index >= 15 is 0 Å². The molecule has 6 nitrogen and oxygen atoms in total. The molecular weight excluding hydrogens is 352 g/mol. The minimum Gasteiger partial charge on any atom is -0.379 e. The number of ether oxygens (including phenoxy) is 2. The molecule has 158 valence electrons. The van der Waals surface area contributed by atoms with Crippen molar-refractivity contribution < 1.29 is 9.47 Å². The third-order valence-corrected chi connectivity index (χ3v) is 8.08. The Kier molecular flexibility index (Phi) is 5.54. The SMILES string of the molecule is CCNC(=NCC1(N2CCOCC2)CCCCC1)N1CC2C3CCC(O3)C2C1. The molecule has 28 heavy (non-hydrogen) atoms. The fraction of sp³-hybridized carbons (Fsp3) is 0.955. The van der Waals surface area contributed by atoms with E-state index in [-0.39, 0.29) is 5.54 Å². The van der Waals surface area contributed by atoms with Crippen LogP contribution in [0.25, 0.3) is 0 Å². The molecule has 4 aliphatic heterocycles. The van der Waals surface area contributed by atoms with Crippen LogP contribution in [0.2, 0.25) is 0 Å². The van der Waals surface area contributed by atoms with E-state index in [9.17, 15) is 0 Å². The highest BCUT2D eigenvalue weighted by atomic mass is 16.5. The van der Waals surface area contributed by atoms with Crippen LogP contribution in [-0.4, -0.2) is 86.0 Å². The Morgan fingerprint density at radius 3 is 2.36 bits per heavy atom. The predicted molar refractivity (Wildman–Crippen MR) is 111 cm³/mol. The fourth-order valence-corrected chi connectivity index (χ4v) is 6.60. The van der Waals surface area contributed by atoms with Crippen molar-refractivity contribution in [3.8, 4) is 0 Å². The Morgan fingerprint density at radius 2 is 1.71 bits per heavy atom. The van der Waals surface area contributed by atoms with E-state index in [1.165, 1.54) is 44.9 Å². The number of hydrogen-bond donors (Lipinski definition) is 1. The molecule has 1 saturated carbocycles. The highest BCUT2D eigenvalue weighted by Gasteiger charge is 2.53. The summed E-state index contributed by atoms with van der Waals surface area (Å²) >= 11 is 0. The third kappa shape index (κ3) is 3.46. The second kappa shape index (κ2) is 8.11. The fourth-order valence-electron chi connectivity index (χ4n) is 6.60. The van der Waals surface area contributed by atoms with Crippen LogP contribution in [0.15, 0.2) is 4.99 Å². The zero-order chi connectivity index (χ0) is 19.0. The Balaban J connectivity index is 1.31. The lowest BCUT2D eigenvalue weighted by Crippen LogP contribution is -2.56. The summed E-state index contributed by atoms with van der Waals surface area (Å²) in [6, 6.07) is 0. The number of likely N-dealkylation sites (tertiary alicyclic amines) is 1. The largest absolute Gasteiger partial charge is 0.379 e. The first kappa shape index (κ1) is 19.1. The lowest BCUT2D eigenvalue weighted by Gasteiger charge is -2.47. The van der Waals surface area contributed by atoms with E-state index in [0.29, 0.717) is 12.2 Å². The van der Waals surface area contributed by atoms with E-state index < -0.39 is 0 Å². The van der Waals surface area contributed by atoms with E-state index in [1.54, 1.807) is 0 Å². The van der Waals surface area contributed by atoms with Crippen molar-refractivity contribution in [1.82, 2.24) is 15.1 Å². The monoisotopic (exact) mass is 390 g/mol. The first-order chi connectivity index (χ1) is 13.8. The zero-order valence-corrected chi connectivity index (χ0v) is 17.6. The van der Waals surface area contributed by atoms with Crippen LogP contribution in [0.1, 0.15) is 51.9 Å². The summed E-state index contributed by atoms with van der Waals surface area (Å²) in [4.78, 5) is 10.5. The number of hydrogen-bond acceptors (Lipinski definition) is 4. The summed E-state index contributed by atoms with van der Waals surface area (Å²) < 4.78 is 11.8. The van der Waals surface area contributed by atoms with Crippen molar-refractivity contribution in [2.45, 2.75) is 69.6 Å². The Hall–Kier alpha value is -0.850. The molecule has 0 aromatic heterocycles. The average molecular weight is 391 g/mol. The molecule has 5 rings (SSSR count). The number of nitrogens with one attached hydrogen (secondary N) is 1. The highest BCUT2D eigenvalue weighted by molar-refractivity contribution is 5.80. The van der Waals surface area contributed by atoms with Crippen LogP contribution in [-0.2, 0) is 9.47 Å². The van der Waals surface area contributed by atoms with Crippen molar-refractivity contribution >= 4 is 5.96 Å². The van der Waals surface area contributed by atoms with Crippen LogP contribution in [0.3, 0.4) is 0 Å². The number of rotatable bonds is 4. The van der Waals surface area contributed by atoms with Crippen molar-refractivity contribution in [3.05, 3.63) is 0 Å². The van der Waals surface area contributed by atoms with Crippen molar-refractivity contribution in [3.63, 3.8) is 0 Å². The van der Waals surface area contributed by atoms with Crippen LogP contribution in [0.5, 0.6) is 0 Å². The number of nitrogens with zero attached hydrogens (tertiary/aromatic N) is 3. The minimum atomic E-state index is 0.250. The van der Waals surface area contributed by atoms with Gasteiger partial charge in [0, 0.05) is 50.1 Å². The van der Waals surface area contributed by atoms with Gasteiger partial charge in [-0.15, -0.1) is 0 Å². The van der Waals surface area contributed by atoms with Gasteiger partial charge in [0.1, 0.15) is 0 Å². The van der Waals surface area contributed by atoms with Crippen molar-refractivity contribution in [2.75, 3.05) is 52.5 Å². The summed E-state index contributed by atoms with van der Waals surface area (Å²) in [5.41, 5.74) is 0.250. The van der Waals surface area contributed by atoms with E-state index in [1.807, 2.05) is 0 Å². The van der Waals surface area contributed by atoms with Gasteiger partial charge in [0.25, 0.3) is 0 Å². The lowest BCUT2D eigenvalue weighted by molar-refractivity contribution is -0.0334. The maximum atomic E-state index is 6.17. The van der Waals surface area contributed by atoms with Gasteiger partial charge in [-0.2, -0.15) is 0 Å². The summed E-state index contributed by atoms with van der Waals surface area (Å²) in [6.07, 6.45) is 10.2. The standard InChI is InChI=1S/C22H38N4O2/c1-2-23-21(25-14-17-18(15-25)20-7-6-19(17)28-20)24-16-22(8-4-3-5-9-22)26-10-12-27-13-11-26/h17-20H,2-16H2,1H3,(H,23,24). The summed E-state index contributed by atoms with van der Waals surface area (Å²) in [5.74, 6) is 2.60. The van der Waals surface area contributed by atoms with Crippen LogP contribution < -0.4 is 5.32 Å². The molecule has 4 unspecified atom stereocenters. The van der Waals surface area contributed by atoms with Gasteiger partial charge in [-0.3, -0.25) is 9.89 Å². The van der Waals surface area contributed by atoms with Crippen molar-refractivity contribution in [1.29, 1.82) is 0 Å². The van der Waals surface area contributed by atoms with Gasteiger partial charge in [-0.25, -0.2) is 0 Å². The molecule has 5 aliphatic rings. The van der Waals surface area contributed by atoms with E-state index in [0.717, 1.165) is 70.3 Å². The molecule has 1 N–H and O–H groups in total. The van der Waals surface area contributed by atoms with Crippen LogP contribution in [0.4, 0.5) is 0 Å². The molecular formula is C22H38N4O2. The maximum absolute atomic E-state index is 6.17. The molecule has 4 heterocycles. The van der Waals surface area contributed by atoms with Gasteiger partial charge >= 0.3 is 0 Å². The Bertz CT molecular complexity index is 553. The Morgan fingerprint density at radius 1 is 1.04 bits per heavy atom. The molecule has 0 aromatic rings. The maximum Gasteiger partial charge on any atom is 0.194 e. The molecule has 5 fully saturated rings. The highest BCUT2D eigenvalue weighted by Crippen LogP contribution is 2.47. The number of aliphatic imine (C=N–C) groups is 1. The molecule has 6 heteroatoms. The van der Waals surface area contributed by atoms with Gasteiger partial charge in [-0.1, -0.05) is 19.3 Å². The molecule has 2 bridgehead atoms. The molecule has 4 atom stereocenters.